The minimum Gasteiger partial charge on any atom is -0.398 e. The number of nitrogen functional groups attached to an aromatic ring is 1. The van der Waals surface area contributed by atoms with E-state index in [1.165, 1.54) is 0 Å². The first-order valence-corrected chi connectivity index (χ1v) is 8.09. The number of benzene rings is 1. The van der Waals surface area contributed by atoms with Crippen molar-refractivity contribution in [2.75, 3.05) is 5.73 Å². The molecule has 0 aliphatic carbocycles. The second-order valence-electron chi connectivity index (χ2n) is 5.88. The van der Waals surface area contributed by atoms with Gasteiger partial charge in [0.1, 0.15) is 0 Å². The van der Waals surface area contributed by atoms with Crippen LogP contribution in [0.5, 0.6) is 0 Å². The SMILES string of the molecule is Nc1ccc(Cl)cc1C(N)(Cc1ccccn1)Cc1ccccn1. The lowest BCUT2D eigenvalue weighted by molar-refractivity contribution is 0.430. The fraction of sp³-hybridized carbons (Fsp3) is 0.158. The number of aromatic nitrogens is 2. The topological polar surface area (TPSA) is 77.8 Å². The molecule has 0 unspecified atom stereocenters. The summed E-state index contributed by atoms with van der Waals surface area (Å²) >= 11 is 6.19. The number of halogens is 1. The smallest absolute Gasteiger partial charge is 0.0542 e. The van der Waals surface area contributed by atoms with Crippen LogP contribution in [0.1, 0.15) is 17.0 Å². The Bertz CT molecular complexity index is 765. The molecular weight excluding hydrogens is 320 g/mol. The number of pyridine rings is 2. The Labute approximate surface area is 146 Å². The molecular formula is C19H19ClN4. The summed E-state index contributed by atoms with van der Waals surface area (Å²) in [6.07, 6.45) is 4.60. The molecule has 24 heavy (non-hydrogen) atoms. The summed E-state index contributed by atoms with van der Waals surface area (Å²) in [7, 11) is 0. The Hall–Kier alpha value is -2.43. The van der Waals surface area contributed by atoms with Crippen molar-refractivity contribution in [1.29, 1.82) is 0 Å². The minimum atomic E-state index is -0.752. The van der Waals surface area contributed by atoms with Crippen molar-refractivity contribution in [3.8, 4) is 0 Å². The first-order chi connectivity index (χ1) is 11.6. The molecule has 0 fully saturated rings. The zero-order valence-corrected chi connectivity index (χ0v) is 13.9. The summed E-state index contributed by atoms with van der Waals surface area (Å²) in [6, 6.07) is 17.0. The fourth-order valence-electron chi connectivity index (χ4n) is 2.86. The molecule has 3 aromatic rings. The van der Waals surface area contributed by atoms with Crippen LogP contribution in [-0.4, -0.2) is 9.97 Å². The van der Waals surface area contributed by atoms with E-state index in [1.54, 1.807) is 24.5 Å². The van der Waals surface area contributed by atoms with Crippen molar-refractivity contribution in [2.24, 2.45) is 5.73 Å². The standard InChI is InChI=1S/C19H19ClN4/c20-14-7-8-18(21)17(11-14)19(22,12-15-5-1-3-9-23-15)13-16-6-2-4-10-24-16/h1-11H,12-13,21-22H2. The van der Waals surface area contributed by atoms with E-state index in [1.807, 2.05) is 42.5 Å². The lowest BCUT2D eigenvalue weighted by Gasteiger charge is -2.31. The van der Waals surface area contributed by atoms with Gasteiger partial charge in [-0.2, -0.15) is 0 Å². The summed E-state index contributed by atoms with van der Waals surface area (Å²) in [6.45, 7) is 0. The van der Waals surface area contributed by atoms with E-state index in [9.17, 15) is 0 Å². The van der Waals surface area contributed by atoms with Crippen molar-refractivity contribution in [3.63, 3.8) is 0 Å². The van der Waals surface area contributed by atoms with E-state index < -0.39 is 5.54 Å². The Balaban J connectivity index is 2.04. The summed E-state index contributed by atoms with van der Waals surface area (Å²) in [5.74, 6) is 0. The predicted octanol–water partition coefficient (Wildman–Crippen LogP) is 3.35. The van der Waals surface area contributed by atoms with E-state index >= 15 is 0 Å². The van der Waals surface area contributed by atoms with Crippen molar-refractivity contribution in [3.05, 3.63) is 89.0 Å². The molecule has 0 aliphatic rings. The van der Waals surface area contributed by atoms with Gasteiger partial charge in [0.25, 0.3) is 0 Å². The van der Waals surface area contributed by atoms with Crippen LogP contribution in [0.4, 0.5) is 5.69 Å². The molecule has 3 rings (SSSR count). The highest BCUT2D eigenvalue weighted by molar-refractivity contribution is 6.30. The van der Waals surface area contributed by atoms with Gasteiger partial charge in [-0.25, -0.2) is 0 Å². The molecule has 2 aromatic heterocycles. The van der Waals surface area contributed by atoms with Gasteiger partial charge in [-0.1, -0.05) is 23.7 Å². The summed E-state index contributed by atoms with van der Waals surface area (Å²) in [5, 5.41) is 0.607. The number of rotatable bonds is 5. The van der Waals surface area contributed by atoms with E-state index in [0.29, 0.717) is 23.6 Å². The fourth-order valence-corrected chi connectivity index (χ4v) is 3.04. The highest BCUT2D eigenvalue weighted by Crippen LogP contribution is 2.32. The third-order valence-electron chi connectivity index (χ3n) is 4.00. The van der Waals surface area contributed by atoms with E-state index in [2.05, 4.69) is 9.97 Å². The molecule has 0 bridgehead atoms. The Morgan fingerprint density at radius 2 is 1.46 bits per heavy atom. The molecule has 4 N–H and O–H groups in total. The minimum absolute atomic E-state index is 0.537. The summed E-state index contributed by atoms with van der Waals surface area (Å²) < 4.78 is 0. The van der Waals surface area contributed by atoms with Crippen molar-refractivity contribution >= 4 is 17.3 Å². The van der Waals surface area contributed by atoms with E-state index in [4.69, 9.17) is 23.1 Å². The maximum Gasteiger partial charge on any atom is 0.0542 e. The molecule has 2 heterocycles. The Morgan fingerprint density at radius 1 is 0.875 bits per heavy atom. The van der Waals surface area contributed by atoms with Gasteiger partial charge in [-0.3, -0.25) is 9.97 Å². The predicted molar refractivity (Wildman–Crippen MR) is 97.6 cm³/mol. The van der Waals surface area contributed by atoms with Gasteiger partial charge in [0, 0.05) is 47.3 Å². The maximum absolute atomic E-state index is 6.83. The quantitative estimate of drug-likeness (QED) is 0.699. The number of nitrogens with zero attached hydrogens (tertiary/aromatic N) is 2. The van der Waals surface area contributed by atoms with E-state index in [0.717, 1.165) is 17.0 Å². The molecule has 4 nitrogen and oxygen atoms in total. The number of anilines is 1. The largest absolute Gasteiger partial charge is 0.398 e. The zero-order chi connectivity index (χ0) is 17.0. The van der Waals surface area contributed by atoms with Crippen LogP contribution < -0.4 is 11.5 Å². The Kier molecular flexibility index (Phi) is 4.79. The van der Waals surface area contributed by atoms with Gasteiger partial charge in [0.15, 0.2) is 0 Å². The van der Waals surface area contributed by atoms with Crippen LogP contribution in [-0.2, 0) is 18.4 Å². The van der Waals surface area contributed by atoms with Gasteiger partial charge >= 0.3 is 0 Å². The molecule has 0 atom stereocenters. The van der Waals surface area contributed by atoms with Gasteiger partial charge in [0.05, 0.1) is 5.54 Å². The second kappa shape index (κ2) is 6.99. The molecule has 5 heteroatoms. The second-order valence-corrected chi connectivity index (χ2v) is 6.32. The van der Waals surface area contributed by atoms with E-state index in [-0.39, 0.29) is 0 Å². The molecule has 0 saturated heterocycles. The van der Waals surface area contributed by atoms with Crippen molar-refractivity contribution < 1.29 is 0 Å². The van der Waals surface area contributed by atoms with Crippen LogP contribution in [0.3, 0.4) is 0 Å². The molecule has 0 amide bonds. The highest BCUT2D eigenvalue weighted by Gasteiger charge is 2.31. The monoisotopic (exact) mass is 338 g/mol. The first-order valence-electron chi connectivity index (χ1n) is 7.71. The van der Waals surface area contributed by atoms with Gasteiger partial charge in [-0.15, -0.1) is 0 Å². The van der Waals surface area contributed by atoms with Gasteiger partial charge < -0.3 is 11.5 Å². The first kappa shape index (κ1) is 16.4. The number of hydrogen-bond acceptors (Lipinski definition) is 4. The lowest BCUT2D eigenvalue weighted by atomic mass is 9.81. The van der Waals surface area contributed by atoms with Crippen LogP contribution in [0.25, 0.3) is 0 Å². The van der Waals surface area contributed by atoms with Crippen molar-refractivity contribution in [1.82, 2.24) is 9.97 Å². The molecule has 0 spiro atoms. The van der Waals surface area contributed by atoms with Crippen LogP contribution in [0.2, 0.25) is 5.02 Å². The molecule has 0 aliphatic heterocycles. The van der Waals surface area contributed by atoms with Gasteiger partial charge in [0.2, 0.25) is 0 Å². The molecule has 1 aromatic carbocycles. The van der Waals surface area contributed by atoms with Crippen LogP contribution in [0.15, 0.2) is 67.0 Å². The van der Waals surface area contributed by atoms with Gasteiger partial charge in [-0.05, 0) is 48.0 Å². The zero-order valence-electron chi connectivity index (χ0n) is 13.2. The highest BCUT2D eigenvalue weighted by atomic mass is 35.5. The maximum atomic E-state index is 6.83. The van der Waals surface area contributed by atoms with Crippen LogP contribution >= 0.6 is 11.6 Å². The van der Waals surface area contributed by atoms with Crippen LogP contribution in [0, 0.1) is 0 Å². The Morgan fingerprint density at radius 3 is 1.96 bits per heavy atom. The molecule has 122 valence electrons. The number of nitrogens with two attached hydrogens (primary N) is 2. The third kappa shape index (κ3) is 3.72. The third-order valence-corrected chi connectivity index (χ3v) is 4.23. The van der Waals surface area contributed by atoms with Crippen molar-refractivity contribution in [2.45, 2.75) is 18.4 Å². The average molecular weight is 339 g/mol. The molecule has 0 radical (unpaired) electrons. The molecule has 0 saturated carbocycles. The normalized spacial score (nSPS) is 11.4. The average Bonchev–Trinajstić information content (AvgIpc) is 2.58. The number of hydrogen-bond donors (Lipinski definition) is 2. The lowest BCUT2D eigenvalue weighted by Crippen LogP contribution is -2.42. The summed E-state index contributed by atoms with van der Waals surface area (Å²) in [5.41, 5.74) is 15.5. The summed E-state index contributed by atoms with van der Waals surface area (Å²) in [4.78, 5) is 8.82.